The Balaban J connectivity index is 2.26. The Morgan fingerprint density at radius 1 is 1.15 bits per heavy atom. The van der Waals surface area contributed by atoms with E-state index in [-0.39, 0.29) is 17.9 Å². The van der Waals surface area contributed by atoms with Gasteiger partial charge in [0.15, 0.2) is 0 Å². The SMILES string of the molecule is CCCCCC(O)CC[C@H]1CCCC(=O)N1CCCCCCC(=O)N(C)C. The number of unbranched alkanes of at least 4 members (excludes halogenated alkanes) is 5. The number of rotatable bonds is 14. The Bertz CT molecular complexity index is 426. The van der Waals surface area contributed by atoms with Crippen LogP contribution in [0, 0.1) is 0 Å². The van der Waals surface area contributed by atoms with Gasteiger partial charge in [-0.3, -0.25) is 9.59 Å². The summed E-state index contributed by atoms with van der Waals surface area (Å²) in [7, 11) is 3.59. The van der Waals surface area contributed by atoms with Gasteiger partial charge in [0, 0.05) is 39.5 Å². The van der Waals surface area contributed by atoms with E-state index < -0.39 is 0 Å². The number of aliphatic hydroxyl groups excluding tert-OH is 1. The molecule has 0 radical (unpaired) electrons. The largest absolute Gasteiger partial charge is 0.393 e. The van der Waals surface area contributed by atoms with Crippen LogP contribution in [0.25, 0.3) is 0 Å². The maximum absolute atomic E-state index is 12.4. The van der Waals surface area contributed by atoms with E-state index in [0.717, 1.165) is 70.8 Å². The molecule has 158 valence electrons. The smallest absolute Gasteiger partial charge is 0.222 e. The lowest BCUT2D eigenvalue weighted by Gasteiger charge is -2.36. The van der Waals surface area contributed by atoms with Gasteiger partial charge in [-0.2, -0.15) is 0 Å². The highest BCUT2D eigenvalue weighted by atomic mass is 16.3. The molecular weight excluding hydrogens is 340 g/mol. The minimum atomic E-state index is -0.218. The standard InChI is InChI=1S/C22H42N2O3/c1-4-5-8-13-20(25)17-16-19-12-11-15-22(27)24(19)18-10-7-6-9-14-21(26)23(2)3/h19-20,25H,4-18H2,1-3H3/t19-,20?/m1/s1. The Morgan fingerprint density at radius 2 is 1.89 bits per heavy atom. The third kappa shape index (κ3) is 10.1. The maximum atomic E-state index is 12.4. The van der Waals surface area contributed by atoms with Crippen molar-refractivity contribution in [1.82, 2.24) is 9.80 Å². The van der Waals surface area contributed by atoms with Crippen molar-refractivity contribution in [1.29, 1.82) is 0 Å². The average molecular weight is 383 g/mol. The topological polar surface area (TPSA) is 60.9 Å². The van der Waals surface area contributed by atoms with Crippen LogP contribution >= 0.6 is 0 Å². The van der Waals surface area contributed by atoms with E-state index in [2.05, 4.69) is 11.8 Å². The Hall–Kier alpha value is -1.10. The Kier molecular flexibility index (Phi) is 12.4. The number of carbonyl (C=O) groups excluding carboxylic acids is 2. The van der Waals surface area contributed by atoms with Gasteiger partial charge in [0.05, 0.1) is 6.10 Å². The molecule has 0 spiro atoms. The number of amides is 2. The quantitative estimate of drug-likeness (QED) is 0.460. The summed E-state index contributed by atoms with van der Waals surface area (Å²) in [6.45, 7) is 3.01. The minimum absolute atomic E-state index is 0.193. The highest BCUT2D eigenvalue weighted by molar-refractivity contribution is 5.77. The van der Waals surface area contributed by atoms with Crippen molar-refractivity contribution in [3.05, 3.63) is 0 Å². The Morgan fingerprint density at radius 3 is 2.59 bits per heavy atom. The third-order valence-electron chi connectivity index (χ3n) is 5.70. The molecule has 1 heterocycles. The predicted molar refractivity (Wildman–Crippen MR) is 111 cm³/mol. The second kappa shape index (κ2) is 14.0. The van der Waals surface area contributed by atoms with Gasteiger partial charge < -0.3 is 14.9 Å². The first-order valence-electron chi connectivity index (χ1n) is 11.1. The summed E-state index contributed by atoms with van der Waals surface area (Å²) in [6, 6.07) is 0.308. The number of nitrogens with zero attached hydrogens (tertiary/aromatic N) is 2. The van der Waals surface area contributed by atoms with Crippen LogP contribution in [0.15, 0.2) is 0 Å². The lowest BCUT2D eigenvalue weighted by atomic mass is 9.94. The van der Waals surface area contributed by atoms with E-state index in [1.54, 1.807) is 19.0 Å². The molecule has 0 aliphatic carbocycles. The highest BCUT2D eigenvalue weighted by Crippen LogP contribution is 2.24. The fourth-order valence-electron chi connectivity index (χ4n) is 3.89. The highest BCUT2D eigenvalue weighted by Gasteiger charge is 2.27. The number of aliphatic hydroxyl groups is 1. The van der Waals surface area contributed by atoms with E-state index in [4.69, 9.17) is 0 Å². The van der Waals surface area contributed by atoms with E-state index in [0.29, 0.717) is 18.9 Å². The van der Waals surface area contributed by atoms with E-state index in [1.165, 1.54) is 12.8 Å². The first kappa shape index (κ1) is 23.9. The van der Waals surface area contributed by atoms with Gasteiger partial charge in [-0.05, 0) is 44.9 Å². The first-order chi connectivity index (χ1) is 13.0. The summed E-state index contributed by atoms with van der Waals surface area (Å²) in [4.78, 5) is 27.7. The van der Waals surface area contributed by atoms with Crippen molar-refractivity contribution >= 4 is 11.8 Å². The van der Waals surface area contributed by atoms with Crippen molar-refractivity contribution in [2.75, 3.05) is 20.6 Å². The van der Waals surface area contributed by atoms with Gasteiger partial charge in [0.25, 0.3) is 0 Å². The molecule has 0 aromatic heterocycles. The molecule has 1 rings (SSSR count). The molecular formula is C22H42N2O3. The molecule has 27 heavy (non-hydrogen) atoms. The number of hydrogen-bond acceptors (Lipinski definition) is 3. The van der Waals surface area contributed by atoms with Crippen LogP contribution in [0.4, 0.5) is 0 Å². The molecule has 0 bridgehead atoms. The van der Waals surface area contributed by atoms with Gasteiger partial charge in [-0.1, -0.05) is 39.0 Å². The lowest BCUT2D eigenvalue weighted by molar-refractivity contribution is -0.136. The first-order valence-corrected chi connectivity index (χ1v) is 11.1. The molecule has 1 saturated heterocycles. The summed E-state index contributed by atoms with van der Waals surface area (Å²) < 4.78 is 0. The fraction of sp³-hybridized carbons (Fsp3) is 0.909. The molecule has 1 aliphatic rings. The van der Waals surface area contributed by atoms with Crippen LogP contribution in [0.1, 0.15) is 96.8 Å². The van der Waals surface area contributed by atoms with Crippen LogP contribution in [0.2, 0.25) is 0 Å². The fourth-order valence-corrected chi connectivity index (χ4v) is 3.89. The van der Waals surface area contributed by atoms with Crippen LogP contribution in [0.5, 0.6) is 0 Å². The van der Waals surface area contributed by atoms with Gasteiger partial charge in [-0.15, -0.1) is 0 Å². The van der Waals surface area contributed by atoms with E-state index >= 15 is 0 Å². The van der Waals surface area contributed by atoms with Crippen LogP contribution in [-0.4, -0.2) is 59.5 Å². The molecule has 1 fully saturated rings. The van der Waals surface area contributed by atoms with Crippen molar-refractivity contribution in [2.45, 2.75) is 109 Å². The van der Waals surface area contributed by atoms with Crippen LogP contribution < -0.4 is 0 Å². The summed E-state index contributed by atoms with van der Waals surface area (Å²) in [5, 5.41) is 10.2. The normalized spacial score (nSPS) is 18.6. The van der Waals surface area contributed by atoms with E-state index in [9.17, 15) is 14.7 Å². The molecule has 0 saturated carbocycles. The maximum Gasteiger partial charge on any atom is 0.222 e. The molecule has 1 unspecified atom stereocenters. The number of carbonyl (C=O) groups is 2. The summed E-state index contributed by atoms with van der Waals surface area (Å²) in [5.41, 5.74) is 0. The molecule has 0 aromatic rings. The molecule has 2 amide bonds. The molecule has 5 heteroatoms. The van der Waals surface area contributed by atoms with E-state index in [1.807, 2.05) is 0 Å². The average Bonchev–Trinajstić information content (AvgIpc) is 2.64. The summed E-state index contributed by atoms with van der Waals surface area (Å²) in [5.74, 6) is 0.480. The number of piperidine rings is 1. The van der Waals surface area contributed by atoms with Crippen LogP contribution in [0.3, 0.4) is 0 Å². The zero-order valence-electron chi connectivity index (χ0n) is 17.9. The van der Waals surface area contributed by atoms with Crippen molar-refractivity contribution in [2.24, 2.45) is 0 Å². The molecule has 5 nitrogen and oxygen atoms in total. The predicted octanol–water partition coefficient (Wildman–Crippen LogP) is 4.13. The number of hydrogen-bond donors (Lipinski definition) is 1. The van der Waals surface area contributed by atoms with Gasteiger partial charge in [-0.25, -0.2) is 0 Å². The minimum Gasteiger partial charge on any atom is -0.393 e. The van der Waals surface area contributed by atoms with Gasteiger partial charge in [0.1, 0.15) is 0 Å². The molecule has 1 N–H and O–H groups in total. The van der Waals surface area contributed by atoms with Crippen LogP contribution in [-0.2, 0) is 9.59 Å². The van der Waals surface area contributed by atoms with Crippen molar-refractivity contribution in [3.8, 4) is 0 Å². The summed E-state index contributed by atoms with van der Waals surface area (Å²) in [6.07, 6.45) is 13.3. The van der Waals surface area contributed by atoms with Gasteiger partial charge >= 0.3 is 0 Å². The van der Waals surface area contributed by atoms with Crippen molar-refractivity contribution < 1.29 is 14.7 Å². The molecule has 0 aromatic carbocycles. The third-order valence-corrected chi connectivity index (χ3v) is 5.70. The lowest BCUT2D eigenvalue weighted by Crippen LogP contribution is -2.44. The molecule has 2 atom stereocenters. The monoisotopic (exact) mass is 382 g/mol. The second-order valence-electron chi connectivity index (χ2n) is 8.31. The summed E-state index contributed by atoms with van der Waals surface area (Å²) >= 11 is 0. The van der Waals surface area contributed by atoms with Crippen molar-refractivity contribution in [3.63, 3.8) is 0 Å². The Labute approximate surface area is 166 Å². The van der Waals surface area contributed by atoms with Gasteiger partial charge in [0.2, 0.25) is 11.8 Å². The zero-order chi connectivity index (χ0) is 20.1. The number of likely N-dealkylation sites (tertiary alicyclic amines) is 1. The zero-order valence-corrected chi connectivity index (χ0v) is 17.9. The molecule has 1 aliphatic heterocycles. The second-order valence-corrected chi connectivity index (χ2v) is 8.31.